The standard InChI is InChI=1S/C27H31F3N2O3/c1-3-4-16-35-25-12-10-22(11-13-25)26(33)32(15-17-34-2)20-24-9-6-14-31(24)19-21-7-5-8-23(18-21)27(28,29)30/h5-14,18H,3-4,15-17,19-20H2,1-2H3. The second-order valence-electron chi connectivity index (χ2n) is 8.27. The lowest BCUT2D eigenvalue weighted by Crippen LogP contribution is -2.34. The van der Waals surface area contributed by atoms with Gasteiger partial charge in [0.05, 0.1) is 25.3 Å². The maximum absolute atomic E-state index is 13.3. The molecule has 8 heteroatoms. The maximum Gasteiger partial charge on any atom is 0.416 e. The van der Waals surface area contributed by atoms with Gasteiger partial charge in [0.25, 0.3) is 5.91 Å². The van der Waals surface area contributed by atoms with E-state index in [0.29, 0.717) is 43.2 Å². The third kappa shape index (κ3) is 7.62. The van der Waals surface area contributed by atoms with Crippen molar-refractivity contribution in [1.29, 1.82) is 0 Å². The van der Waals surface area contributed by atoms with E-state index in [1.807, 2.05) is 16.7 Å². The van der Waals surface area contributed by atoms with Crippen molar-refractivity contribution in [3.05, 3.63) is 89.2 Å². The van der Waals surface area contributed by atoms with Crippen LogP contribution in [0.5, 0.6) is 5.75 Å². The number of amides is 1. The van der Waals surface area contributed by atoms with Gasteiger partial charge < -0.3 is 18.9 Å². The van der Waals surface area contributed by atoms with E-state index >= 15 is 0 Å². The number of carbonyl (C=O) groups excluding carboxylic acids is 1. The molecule has 0 N–H and O–H groups in total. The van der Waals surface area contributed by atoms with Crippen LogP contribution in [0.3, 0.4) is 0 Å². The molecule has 0 bridgehead atoms. The highest BCUT2D eigenvalue weighted by molar-refractivity contribution is 5.94. The van der Waals surface area contributed by atoms with E-state index in [1.54, 1.807) is 48.5 Å². The van der Waals surface area contributed by atoms with Crippen molar-refractivity contribution < 1.29 is 27.4 Å². The number of carbonyl (C=O) groups is 1. The van der Waals surface area contributed by atoms with E-state index in [1.165, 1.54) is 6.07 Å². The molecular formula is C27H31F3N2O3. The zero-order valence-corrected chi connectivity index (χ0v) is 20.1. The molecule has 1 aromatic heterocycles. The number of nitrogens with zero attached hydrogens (tertiary/aromatic N) is 2. The van der Waals surface area contributed by atoms with E-state index < -0.39 is 11.7 Å². The second-order valence-corrected chi connectivity index (χ2v) is 8.27. The molecule has 2 aromatic carbocycles. The summed E-state index contributed by atoms with van der Waals surface area (Å²) in [7, 11) is 1.57. The molecule has 0 fully saturated rings. The lowest BCUT2D eigenvalue weighted by molar-refractivity contribution is -0.137. The largest absolute Gasteiger partial charge is 0.494 e. The van der Waals surface area contributed by atoms with E-state index in [2.05, 4.69) is 6.92 Å². The summed E-state index contributed by atoms with van der Waals surface area (Å²) in [5.74, 6) is 0.558. The first-order valence-electron chi connectivity index (χ1n) is 11.6. The molecule has 0 atom stereocenters. The zero-order chi connectivity index (χ0) is 25.3. The molecular weight excluding hydrogens is 457 g/mol. The number of halogens is 3. The summed E-state index contributed by atoms with van der Waals surface area (Å²) >= 11 is 0. The van der Waals surface area contributed by atoms with Crippen molar-refractivity contribution >= 4 is 5.91 Å². The van der Waals surface area contributed by atoms with Crippen molar-refractivity contribution in [1.82, 2.24) is 9.47 Å². The summed E-state index contributed by atoms with van der Waals surface area (Å²) in [5.41, 5.74) is 1.19. The third-order valence-electron chi connectivity index (χ3n) is 5.60. The molecule has 0 saturated carbocycles. The number of alkyl halides is 3. The minimum absolute atomic E-state index is 0.158. The van der Waals surface area contributed by atoms with Crippen LogP contribution < -0.4 is 4.74 Å². The predicted octanol–water partition coefficient (Wildman–Crippen LogP) is 6.02. The van der Waals surface area contributed by atoms with Gasteiger partial charge in [-0.15, -0.1) is 0 Å². The van der Waals surface area contributed by atoms with Crippen molar-refractivity contribution in [3.63, 3.8) is 0 Å². The van der Waals surface area contributed by atoms with Gasteiger partial charge >= 0.3 is 6.18 Å². The number of hydrogen-bond acceptors (Lipinski definition) is 3. The minimum Gasteiger partial charge on any atom is -0.494 e. The molecule has 0 saturated heterocycles. The van der Waals surface area contributed by atoms with Gasteiger partial charge in [0.1, 0.15) is 5.75 Å². The topological polar surface area (TPSA) is 43.7 Å². The highest BCUT2D eigenvalue weighted by Gasteiger charge is 2.30. The van der Waals surface area contributed by atoms with Gasteiger partial charge in [0.15, 0.2) is 0 Å². The second kappa shape index (κ2) is 12.4. The highest BCUT2D eigenvalue weighted by atomic mass is 19.4. The van der Waals surface area contributed by atoms with E-state index in [-0.39, 0.29) is 12.5 Å². The van der Waals surface area contributed by atoms with E-state index in [4.69, 9.17) is 9.47 Å². The quantitative estimate of drug-likeness (QED) is 0.293. The molecule has 0 spiro atoms. The Kier molecular flexibility index (Phi) is 9.37. The average molecular weight is 489 g/mol. The Bertz CT molecular complexity index is 1080. The smallest absolute Gasteiger partial charge is 0.416 e. The lowest BCUT2D eigenvalue weighted by atomic mass is 10.1. The lowest BCUT2D eigenvalue weighted by Gasteiger charge is -2.24. The van der Waals surface area contributed by atoms with Crippen LogP contribution in [0.4, 0.5) is 13.2 Å². The molecule has 35 heavy (non-hydrogen) atoms. The Labute approximate surface area is 204 Å². The van der Waals surface area contributed by atoms with Crippen LogP contribution >= 0.6 is 0 Å². The van der Waals surface area contributed by atoms with Crippen molar-refractivity contribution in [2.24, 2.45) is 0 Å². The Morgan fingerprint density at radius 3 is 2.49 bits per heavy atom. The Morgan fingerprint density at radius 1 is 1.03 bits per heavy atom. The first-order valence-corrected chi connectivity index (χ1v) is 11.6. The van der Waals surface area contributed by atoms with Crippen molar-refractivity contribution in [2.45, 2.75) is 39.0 Å². The van der Waals surface area contributed by atoms with Gasteiger partial charge in [-0.1, -0.05) is 25.5 Å². The Hall–Kier alpha value is -3.26. The average Bonchev–Trinajstić information content (AvgIpc) is 3.28. The SMILES string of the molecule is CCCCOc1ccc(C(=O)N(CCOC)Cc2cccn2Cc2cccc(C(F)(F)F)c2)cc1. The Morgan fingerprint density at radius 2 is 1.80 bits per heavy atom. The molecule has 1 amide bonds. The third-order valence-corrected chi connectivity index (χ3v) is 5.60. The Balaban J connectivity index is 1.74. The fourth-order valence-corrected chi connectivity index (χ4v) is 3.65. The number of ether oxygens (including phenoxy) is 2. The normalized spacial score (nSPS) is 11.5. The molecule has 3 rings (SSSR count). The molecule has 3 aromatic rings. The van der Waals surface area contributed by atoms with E-state index in [0.717, 1.165) is 30.7 Å². The first kappa shape index (κ1) is 26.3. The number of hydrogen-bond donors (Lipinski definition) is 0. The number of rotatable bonds is 12. The van der Waals surface area contributed by atoms with Gasteiger partial charge in [0, 0.05) is 37.7 Å². The molecule has 1 heterocycles. The van der Waals surface area contributed by atoms with Gasteiger partial charge in [0.2, 0.25) is 0 Å². The number of unbranched alkanes of at least 4 members (excludes halogenated alkanes) is 1. The van der Waals surface area contributed by atoms with Gasteiger partial charge in [-0.3, -0.25) is 4.79 Å². The highest BCUT2D eigenvalue weighted by Crippen LogP contribution is 2.29. The van der Waals surface area contributed by atoms with Gasteiger partial charge in [-0.25, -0.2) is 0 Å². The summed E-state index contributed by atoms with van der Waals surface area (Å²) in [6, 6.07) is 16.0. The van der Waals surface area contributed by atoms with Crippen molar-refractivity contribution in [3.8, 4) is 5.75 Å². The van der Waals surface area contributed by atoms with Crippen LogP contribution in [0.1, 0.15) is 46.9 Å². The van der Waals surface area contributed by atoms with Crippen LogP contribution in [-0.4, -0.2) is 42.2 Å². The van der Waals surface area contributed by atoms with E-state index in [9.17, 15) is 18.0 Å². The molecule has 5 nitrogen and oxygen atoms in total. The molecule has 0 aliphatic rings. The number of methoxy groups -OCH3 is 1. The van der Waals surface area contributed by atoms with Crippen molar-refractivity contribution in [2.75, 3.05) is 26.9 Å². The fraction of sp³-hybridized carbons (Fsp3) is 0.370. The first-order chi connectivity index (χ1) is 16.8. The number of aromatic nitrogens is 1. The molecule has 0 aliphatic carbocycles. The van der Waals surface area contributed by atoms with Crippen LogP contribution in [0, 0.1) is 0 Å². The molecule has 0 radical (unpaired) electrons. The van der Waals surface area contributed by atoms with Crippen LogP contribution in [0.2, 0.25) is 0 Å². The summed E-state index contributed by atoms with van der Waals surface area (Å²) < 4.78 is 52.0. The van der Waals surface area contributed by atoms with Crippen LogP contribution in [0.25, 0.3) is 0 Å². The summed E-state index contributed by atoms with van der Waals surface area (Å²) in [6.45, 7) is 4.02. The minimum atomic E-state index is -4.39. The van der Waals surface area contributed by atoms with Crippen LogP contribution in [-0.2, 0) is 24.0 Å². The molecule has 0 unspecified atom stereocenters. The monoisotopic (exact) mass is 488 g/mol. The zero-order valence-electron chi connectivity index (χ0n) is 20.1. The maximum atomic E-state index is 13.3. The fourth-order valence-electron chi connectivity index (χ4n) is 3.65. The van der Waals surface area contributed by atoms with Crippen LogP contribution in [0.15, 0.2) is 66.9 Å². The predicted molar refractivity (Wildman–Crippen MR) is 128 cm³/mol. The number of benzene rings is 2. The summed E-state index contributed by atoms with van der Waals surface area (Å²) in [5, 5.41) is 0. The summed E-state index contributed by atoms with van der Waals surface area (Å²) in [4.78, 5) is 14.9. The van der Waals surface area contributed by atoms with Gasteiger partial charge in [-0.05, 0) is 60.5 Å². The summed E-state index contributed by atoms with van der Waals surface area (Å²) in [6.07, 6.45) is -0.585. The van der Waals surface area contributed by atoms with Gasteiger partial charge in [-0.2, -0.15) is 13.2 Å². The molecule has 0 aliphatic heterocycles. The molecule has 188 valence electrons.